The molecule has 39 heavy (non-hydrogen) atoms. The van der Waals surface area contributed by atoms with Gasteiger partial charge in [-0.15, -0.1) is 0 Å². The Morgan fingerprint density at radius 1 is 1.08 bits per heavy atom. The van der Waals surface area contributed by atoms with E-state index in [1.54, 1.807) is 37.6 Å². The van der Waals surface area contributed by atoms with Crippen LogP contribution in [0, 0.1) is 0 Å². The largest absolute Gasteiger partial charge is 0.495 e. The lowest BCUT2D eigenvalue weighted by molar-refractivity contribution is 0.243. The molecule has 1 aliphatic heterocycles. The van der Waals surface area contributed by atoms with Crippen molar-refractivity contribution in [2.75, 3.05) is 36.7 Å². The normalized spacial score (nSPS) is 20.2. The zero-order chi connectivity index (χ0) is 27.6. The van der Waals surface area contributed by atoms with Crippen LogP contribution in [0.3, 0.4) is 0 Å². The first-order chi connectivity index (χ1) is 18.6. The number of hydrogen-bond donors (Lipinski definition) is 3. The van der Waals surface area contributed by atoms with Crippen LogP contribution in [0.4, 0.5) is 16.2 Å². The van der Waals surface area contributed by atoms with Gasteiger partial charge in [-0.1, -0.05) is 23.7 Å². The summed E-state index contributed by atoms with van der Waals surface area (Å²) in [6, 6.07) is 18.5. The predicted molar refractivity (Wildman–Crippen MR) is 153 cm³/mol. The van der Waals surface area contributed by atoms with Crippen molar-refractivity contribution >= 4 is 39.0 Å². The summed E-state index contributed by atoms with van der Waals surface area (Å²) in [6.07, 6.45) is 5.19. The Morgan fingerprint density at radius 2 is 1.79 bits per heavy atom. The molecule has 206 valence electrons. The average molecular weight is 570 g/mol. The van der Waals surface area contributed by atoms with Crippen molar-refractivity contribution in [3.05, 3.63) is 83.1 Å². The molecule has 1 saturated heterocycles. The summed E-state index contributed by atoms with van der Waals surface area (Å²) in [5, 5.41) is 6.63. The van der Waals surface area contributed by atoms with Crippen LogP contribution in [-0.2, 0) is 15.6 Å². The highest BCUT2D eigenvalue weighted by atomic mass is 35.5. The van der Waals surface area contributed by atoms with Crippen LogP contribution in [0.2, 0.25) is 5.02 Å². The van der Waals surface area contributed by atoms with Crippen LogP contribution in [0.25, 0.3) is 0 Å². The number of aromatic nitrogens is 1. The van der Waals surface area contributed by atoms with Gasteiger partial charge in [-0.3, -0.25) is 4.98 Å². The number of nitrogens with zero attached hydrogens (tertiary/aromatic N) is 2. The van der Waals surface area contributed by atoms with Crippen LogP contribution in [0.15, 0.2) is 66.9 Å². The monoisotopic (exact) mass is 569 g/mol. The van der Waals surface area contributed by atoms with Gasteiger partial charge in [0.25, 0.3) is 0 Å². The van der Waals surface area contributed by atoms with Crippen molar-refractivity contribution in [1.29, 1.82) is 0 Å². The number of urea groups is 1. The molecule has 11 heteroatoms. The second-order valence-corrected chi connectivity index (χ2v) is 12.4. The van der Waals surface area contributed by atoms with Gasteiger partial charge in [-0.25, -0.2) is 17.9 Å². The number of pyridine rings is 1. The predicted octanol–water partition coefficient (Wildman–Crippen LogP) is 4.47. The Kier molecular flexibility index (Phi) is 7.70. The zero-order valence-corrected chi connectivity index (χ0v) is 23.4. The number of nitrogens with one attached hydrogen (secondary N) is 3. The average Bonchev–Trinajstić information content (AvgIpc) is 3.69. The molecule has 0 spiro atoms. The maximum atomic E-state index is 12.9. The van der Waals surface area contributed by atoms with E-state index < -0.39 is 15.6 Å². The van der Waals surface area contributed by atoms with E-state index in [0.717, 1.165) is 36.3 Å². The molecule has 2 atom stereocenters. The van der Waals surface area contributed by atoms with Gasteiger partial charge in [0.15, 0.2) is 0 Å². The Bertz CT molecular complexity index is 1410. The van der Waals surface area contributed by atoms with E-state index >= 15 is 0 Å². The fourth-order valence-electron chi connectivity index (χ4n) is 5.18. The third-order valence-electron chi connectivity index (χ3n) is 7.32. The number of rotatable bonds is 8. The van der Waals surface area contributed by atoms with Gasteiger partial charge < -0.3 is 20.3 Å². The molecule has 5 rings (SSSR count). The number of carbonyl (C=O) groups excluding carboxylic acids is 1. The zero-order valence-electron chi connectivity index (χ0n) is 21.9. The van der Waals surface area contributed by atoms with Crippen molar-refractivity contribution < 1.29 is 17.9 Å². The first-order valence-electron chi connectivity index (χ1n) is 12.8. The van der Waals surface area contributed by atoms with Gasteiger partial charge >= 0.3 is 6.03 Å². The summed E-state index contributed by atoms with van der Waals surface area (Å²) in [7, 11) is -1.70. The van der Waals surface area contributed by atoms with Gasteiger partial charge in [0.2, 0.25) is 10.0 Å². The SMILES string of the molecule is COc1ccc([C@@H]2CN(c3ccc(C4(NS(C)(=O)=O)CC4)cc3)CC[C@H]2NC(=O)Nc2ccc(Cl)cc2)nc1. The second kappa shape index (κ2) is 11.0. The lowest BCUT2D eigenvalue weighted by atomic mass is 9.88. The van der Waals surface area contributed by atoms with Gasteiger partial charge in [0.1, 0.15) is 5.75 Å². The molecule has 0 radical (unpaired) electrons. The molecule has 2 heterocycles. The molecule has 1 aliphatic carbocycles. The van der Waals surface area contributed by atoms with Gasteiger partial charge in [-0.05, 0) is 73.4 Å². The van der Waals surface area contributed by atoms with Crippen molar-refractivity contribution in [2.24, 2.45) is 0 Å². The molecule has 3 aromatic rings. The first-order valence-corrected chi connectivity index (χ1v) is 15.1. The minimum absolute atomic E-state index is 0.0676. The lowest BCUT2D eigenvalue weighted by Gasteiger charge is -2.40. The van der Waals surface area contributed by atoms with Crippen LogP contribution in [0.5, 0.6) is 5.75 Å². The Hall–Kier alpha value is -3.34. The number of ether oxygens (including phenoxy) is 1. The van der Waals surface area contributed by atoms with Gasteiger partial charge in [0, 0.05) is 47.1 Å². The highest BCUT2D eigenvalue weighted by Gasteiger charge is 2.46. The molecule has 3 N–H and O–H groups in total. The molecule has 0 unspecified atom stereocenters. The van der Waals surface area contributed by atoms with Crippen LogP contribution in [0.1, 0.15) is 36.4 Å². The summed E-state index contributed by atoms with van der Waals surface area (Å²) < 4.78 is 31.7. The number of sulfonamides is 1. The number of piperidine rings is 1. The maximum absolute atomic E-state index is 12.9. The van der Waals surface area contributed by atoms with Crippen molar-refractivity contribution in [3.8, 4) is 5.75 Å². The third kappa shape index (κ3) is 6.63. The van der Waals surface area contributed by atoms with E-state index in [1.807, 2.05) is 36.4 Å². The maximum Gasteiger partial charge on any atom is 0.319 e. The smallest absolute Gasteiger partial charge is 0.319 e. The molecule has 2 aromatic carbocycles. The number of halogens is 1. The number of carbonyl (C=O) groups is 1. The highest BCUT2D eigenvalue weighted by molar-refractivity contribution is 7.88. The second-order valence-electron chi connectivity index (χ2n) is 10.2. The van der Waals surface area contributed by atoms with E-state index in [4.69, 9.17) is 16.3 Å². The molecular formula is C28H32ClN5O4S. The molecule has 1 aromatic heterocycles. The number of methoxy groups -OCH3 is 1. The molecule has 2 fully saturated rings. The summed E-state index contributed by atoms with van der Waals surface area (Å²) in [5.41, 5.74) is 3.04. The van der Waals surface area contributed by atoms with Crippen LogP contribution in [-0.4, -0.2) is 51.9 Å². The van der Waals surface area contributed by atoms with E-state index in [0.29, 0.717) is 29.4 Å². The summed E-state index contributed by atoms with van der Waals surface area (Å²) in [6.45, 7) is 1.39. The summed E-state index contributed by atoms with van der Waals surface area (Å²) in [4.78, 5) is 19.8. The minimum Gasteiger partial charge on any atom is -0.495 e. The van der Waals surface area contributed by atoms with E-state index in [-0.39, 0.29) is 18.0 Å². The number of benzene rings is 2. The van der Waals surface area contributed by atoms with E-state index in [1.165, 1.54) is 6.26 Å². The quantitative estimate of drug-likeness (QED) is 0.369. The van der Waals surface area contributed by atoms with E-state index in [2.05, 4.69) is 25.2 Å². The Labute approximate surface area is 234 Å². The van der Waals surface area contributed by atoms with Crippen molar-refractivity contribution in [1.82, 2.24) is 15.0 Å². The summed E-state index contributed by atoms with van der Waals surface area (Å²) >= 11 is 5.96. The topological polar surface area (TPSA) is 113 Å². The lowest BCUT2D eigenvalue weighted by Crippen LogP contribution is -2.51. The Morgan fingerprint density at radius 3 is 2.38 bits per heavy atom. The van der Waals surface area contributed by atoms with E-state index in [9.17, 15) is 13.2 Å². The minimum atomic E-state index is -3.30. The molecule has 2 amide bonds. The summed E-state index contributed by atoms with van der Waals surface area (Å²) in [5.74, 6) is 0.602. The number of amides is 2. The van der Waals surface area contributed by atoms with Crippen LogP contribution >= 0.6 is 11.6 Å². The fourth-order valence-corrected chi connectivity index (χ4v) is 6.34. The molecule has 9 nitrogen and oxygen atoms in total. The van der Waals surface area contributed by atoms with Crippen molar-refractivity contribution in [2.45, 2.75) is 36.8 Å². The van der Waals surface area contributed by atoms with Crippen LogP contribution < -0.4 is 25.0 Å². The standard InChI is InChI=1S/C28H32ClN5O4S/c1-38-23-11-12-25(30-17-23)24-18-34(16-13-26(24)32-27(35)31-21-7-5-20(29)6-8-21)22-9-3-19(4-10-22)28(14-15-28)33-39(2,36)37/h3-12,17,24,26,33H,13-16,18H2,1-2H3,(H2,31,32,35)/t24-,26+/m0/s1. The Balaban J connectivity index is 1.32. The molecular weight excluding hydrogens is 538 g/mol. The van der Waals surface area contributed by atoms with Crippen molar-refractivity contribution in [3.63, 3.8) is 0 Å². The molecule has 0 bridgehead atoms. The number of anilines is 2. The number of hydrogen-bond acceptors (Lipinski definition) is 6. The molecule has 1 saturated carbocycles. The third-order valence-corrected chi connectivity index (χ3v) is 8.34. The van der Waals surface area contributed by atoms with Gasteiger partial charge in [-0.2, -0.15) is 0 Å². The molecule has 2 aliphatic rings. The first kappa shape index (κ1) is 27.2. The fraction of sp³-hybridized carbons (Fsp3) is 0.357. The highest BCUT2D eigenvalue weighted by Crippen LogP contribution is 2.46. The van der Waals surface area contributed by atoms with Gasteiger partial charge in [0.05, 0.1) is 25.1 Å².